The molecule has 0 aliphatic carbocycles. The van der Waals surface area contributed by atoms with Gasteiger partial charge in [0.2, 0.25) is 0 Å². The average molecular weight is 324 g/mol. The Morgan fingerprint density at radius 1 is 1.08 bits per heavy atom. The van der Waals surface area contributed by atoms with Gasteiger partial charge < -0.3 is 14.3 Å². The van der Waals surface area contributed by atoms with Gasteiger partial charge in [-0.1, -0.05) is 23.8 Å². The number of aryl methyl sites for hydroxylation is 2. The van der Waals surface area contributed by atoms with Crippen molar-refractivity contribution in [1.29, 1.82) is 0 Å². The maximum absolute atomic E-state index is 12.2. The van der Waals surface area contributed by atoms with Crippen LogP contribution in [0.1, 0.15) is 27.0 Å². The summed E-state index contributed by atoms with van der Waals surface area (Å²) < 4.78 is 10.4. The second-order valence-electron chi connectivity index (χ2n) is 5.69. The van der Waals surface area contributed by atoms with Gasteiger partial charge in [-0.05, 0) is 37.6 Å². The molecule has 1 aromatic heterocycles. The van der Waals surface area contributed by atoms with E-state index in [0.717, 1.165) is 11.1 Å². The minimum Gasteiger partial charge on any atom is -0.507 e. The van der Waals surface area contributed by atoms with Crippen LogP contribution in [-0.2, 0) is 11.3 Å². The first kappa shape index (κ1) is 15.8. The Labute approximate surface area is 138 Å². The lowest BCUT2D eigenvalue weighted by Crippen LogP contribution is -2.08. The van der Waals surface area contributed by atoms with Crippen LogP contribution in [0.3, 0.4) is 0 Å². The Balaban J connectivity index is 1.89. The Kier molecular flexibility index (Phi) is 4.08. The van der Waals surface area contributed by atoms with Crippen molar-refractivity contribution in [1.82, 2.24) is 0 Å². The molecule has 24 heavy (non-hydrogen) atoms. The SMILES string of the molecule is Cc1ccc(O)c(C(=O)OCc2cc(=O)oc3cc(C)ccc23)c1. The number of hydrogen-bond acceptors (Lipinski definition) is 5. The maximum Gasteiger partial charge on any atom is 0.342 e. The molecule has 0 bridgehead atoms. The van der Waals surface area contributed by atoms with Gasteiger partial charge >= 0.3 is 11.6 Å². The van der Waals surface area contributed by atoms with E-state index in [0.29, 0.717) is 16.5 Å². The van der Waals surface area contributed by atoms with Gasteiger partial charge in [0.15, 0.2) is 0 Å². The number of aromatic hydroxyl groups is 1. The van der Waals surface area contributed by atoms with Crippen LogP contribution in [-0.4, -0.2) is 11.1 Å². The molecule has 0 amide bonds. The number of hydrogen-bond donors (Lipinski definition) is 1. The molecule has 0 unspecified atom stereocenters. The standard InChI is InChI=1S/C19H16O5/c1-11-4-6-16(20)15(7-11)19(22)23-10-13-9-18(21)24-17-8-12(2)3-5-14(13)17/h3-9,20H,10H2,1-2H3. The topological polar surface area (TPSA) is 76.7 Å². The van der Waals surface area contributed by atoms with E-state index in [2.05, 4.69) is 0 Å². The summed E-state index contributed by atoms with van der Waals surface area (Å²) in [5, 5.41) is 10.5. The molecule has 0 fully saturated rings. The summed E-state index contributed by atoms with van der Waals surface area (Å²) >= 11 is 0. The van der Waals surface area contributed by atoms with Gasteiger partial charge in [0.1, 0.15) is 23.5 Å². The predicted molar refractivity (Wildman–Crippen MR) is 89.2 cm³/mol. The highest BCUT2D eigenvalue weighted by atomic mass is 16.5. The Bertz CT molecular complexity index is 985. The first-order chi connectivity index (χ1) is 11.4. The van der Waals surface area contributed by atoms with Crippen molar-refractivity contribution in [3.05, 3.63) is 75.1 Å². The van der Waals surface area contributed by atoms with E-state index >= 15 is 0 Å². The summed E-state index contributed by atoms with van der Waals surface area (Å²) in [5.41, 5.74) is 2.40. The van der Waals surface area contributed by atoms with Crippen LogP contribution in [0.2, 0.25) is 0 Å². The van der Waals surface area contributed by atoms with Gasteiger partial charge in [0.25, 0.3) is 0 Å². The second kappa shape index (κ2) is 6.20. The highest BCUT2D eigenvalue weighted by Crippen LogP contribution is 2.22. The number of esters is 1. The van der Waals surface area contributed by atoms with Crippen LogP contribution in [0.5, 0.6) is 5.75 Å². The molecular weight excluding hydrogens is 308 g/mol. The lowest BCUT2D eigenvalue weighted by atomic mass is 10.1. The molecule has 5 nitrogen and oxygen atoms in total. The normalized spacial score (nSPS) is 10.8. The summed E-state index contributed by atoms with van der Waals surface area (Å²) in [7, 11) is 0. The fourth-order valence-corrected chi connectivity index (χ4v) is 2.49. The van der Waals surface area contributed by atoms with E-state index in [1.54, 1.807) is 18.2 Å². The summed E-state index contributed by atoms with van der Waals surface area (Å²) in [6.45, 7) is 3.62. The average Bonchev–Trinajstić information content (AvgIpc) is 2.54. The fraction of sp³-hybridized carbons (Fsp3) is 0.158. The third kappa shape index (κ3) is 3.15. The van der Waals surface area contributed by atoms with Crippen molar-refractivity contribution in [2.24, 2.45) is 0 Å². The quantitative estimate of drug-likeness (QED) is 0.589. The van der Waals surface area contributed by atoms with Crippen molar-refractivity contribution in [2.75, 3.05) is 0 Å². The van der Waals surface area contributed by atoms with Crippen LogP contribution in [0.4, 0.5) is 0 Å². The van der Waals surface area contributed by atoms with Crippen molar-refractivity contribution in [3.8, 4) is 5.75 Å². The van der Waals surface area contributed by atoms with Crippen LogP contribution in [0.25, 0.3) is 11.0 Å². The molecule has 3 aromatic rings. The first-order valence-corrected chi connectivity index (χ1v) is 7.44. The minimum atomic E-state index is -0.648. The molecule has 0 aliphatic heterocycles. The van der Waals surface area contributed by atoms with Crippen LogP contribution in [0.15, 0.2) is 51.7 Å². The zero-order chi connectivity index (χ0) is 17.3. The maximum atomic E-state index is 12.2. The van der Waals surface area contributed by atoms with Crippen LogP contribution in [0, 0.1) is 13.8 Å². The van der Waals surface area contributed by atoms with Gasteiger partial charge in [0.05, 0.1) is 0 Å². The fourth-order valence-electron chi connectivity index (χ4n) is 2.49. The number of carbonyl (C=O) groups is 1. The molecular formula is C19H16O5. The van der Waals surface area contributed by atoms with Gasteiger partial charge in [-0.25, -0.2) is 9.59 Å². The molecule has 1 N–H and O–H groups in total. The van der Waals surface area contributed by atoms with Crippen LogP contribution >= 0.6 is 0 Å². The first-order valence-electron chi connectivity index (χ1n) is 7.44. The molecule has 1 heterocycles. The summed E-state index contributed by atoms with van der Waals surface area (Å²) in [6, 6.07) is 11.5. The summed E-state index contributed by atoms with van der Waals surface area (Å²) in [5.74, 6) is -0.789. The highest BCUT2D eigenvalue weighted by molar-refractivity contribution is 5.92. The van der Waals surface area contributed by atoms with Crippen molar-refractivity contribution >= 4 is 16.9 Å². The second-order valence-corrected chi connectivity index (χ2v) is 5.69. The molecule has 0 aliphatic rings. The van der Waals surface area contributed by atoms with E-state index in [9.17, 15) is 14.7 Å². The molecule has 122 valence electrons. The van der Waals surface area contributed by atoms with Crippen molar-refractivity contribution in [3.63, 3.8) is 0 Å². The van der Waals surface area contributed by atoms with Crippen molar-refractivity contribution < 1.29 is 19.1 Å². The molecule has 0 saturated carbocycles. The minimum absolute atomic E-state index is 0.0859. The molecule has 0 spiro atoms. The van der Waals surface area contributed by atoms with E-state index < -0.39 is 11.6 Å². The Morgan fingerprint density at radius 2 is 1.79 bits per heavy atom. The third-order valence-electron chi connectivity index (χ3n) is 3.72. The number of fused-ring (bicyclic) bond motifs is 1. The molecule has 0 radical (unpaired) electrons. The van der Waals surface area contributed by atoms with Crippen molar-refractivity contribution in [2.45, 2.75) is 20.5 Å². The number of phenols is 1. The monoisotopic (exact) mass is 324 g/mol. The highest BCUT2D eigenvalue weighted by Gasteiger charge is 2.14. The van der Waals surface area contributed by atoms with E-state index in [4.69, 9.17) is 9.15 Å². The lowest BCUT2D eigenvalue weighted by molar-refractivity contribution is 0.0470. The number of phenolic OH excluding ortho intramolecular Hbond substituents is 1. The van der Waals surface area contributed by atoms with Gasteiger partial charge in [0, 0.05) is 17.0 Å². The van der Waals surface area contributed by atoms with E-state index in [1.165, 1.54) is 12.1 Å². The Morgan fingerprint density at radius 3 is 2.58 bits per heavy atom. The van der Waals surface area contributed by atoms with Gasteiger partial charge in [-0.2, -0.15) is 0 Å². The zero-order valence-corrected chi connectivity index (χ0v) is 13.3. The summed E-state index contributed by atoms with van der Waals surface area (Å²) in [6.07, 6.45) is 0. The smallest absolute Gasteiger partial charge is 0.342 e. The third-order valence-corrected chi connectivity index (χ3v) is 3.72. The number of rotatable bonds is 3. The molecule has 0 saturated heterocycles. The van der Waals surface area contributed by atoms with Gasteiger partial charge in [-0.3, -0.25) is 0 Å². The number of benzene rings is 2. The largest absolute Gasteiger partial charge is 0.507 e. The molecule has 3 rings (SSSR count). The molecule has 0 atom stereocenters. The Hall–Kier alpha value is -3.08. The summed E-state index contributed by atoms with van der Waals surface area (Å²) in [4.78, 5) is 23.9. The predicted octanol–water partition coefficient (Wildman–Crippen LogP) is 3.47. The van der Waals surface area contributed by atoms with Crippen LogP contribution < -0.4 is 5.63 Å². The molecule has 5 heteroatoms. The molecule has 2 aromatic carbocycles. The van der Waals surface area contributed by atoms with Gasteiger partial charge in [-0.15, -0.1) is 0 Å². The van der Waals surface area contributed by atoms with E-state index in [-0.39, 0.29) is 17.9 Å². The number of carbonyl (C=O) groups excluding carboxylic acids is 1. The lowest BCUT2D eigenvalue weighted by Gasteiger charge is -2.09. The zero-order valence-electron chi connectivity index (χ0n) is 13.3. The van der Waals surface area contributed by atoms with E-state index in [1.807, 2.05) is 26.0 Å². The number of ether oxygens (including phenoxy) is 1.